The van der Waals surface area contributed by atoms with Crippen molar-refractivity contribution in [2.45, 2.75) is 39.2 Å². The molecule has 5 nitrogen and oxygen atoms in total. The van der Waals surface area contributed by atoms with Gasteiger partial charge in [0.1, 0.15) is 12.1 Å². The van der Waals surface area contributed by atoms with Crippen LogP contribution in [-0.2, 0) is 0 Å². The molecule has 1 atom stereocenters. The molecular weight excluding hydrogens is 372 g/mol. The number of hydrogen-bond donors (Lipinski definition) is 1. The van der Waals surface area contributed by atoms with Crippen LogP contribution in [0.25, 0.3) is 11.3 Å². The maximum atomic E-state index is 12.7. The molecule has 1 amide bonds. The number of piperidine rings is 1. The third-order valence-electron chi connectivity index (χ3n) is 5.70. The zero-order valence-corrected chi connectivity index (χ0v) is 17.6. The van der Waals surface area contributed by atoms with E-state index in [1.54, 1.807) is 6.33 Å². The van der Waals surface area contributed by atoms with Crippen molar-refractivity contribution >= 4 is 11.7 Å². The Kier molecular flexibility index (Phi) is 6.07. The minimum atomic E-state index is -0.0775. The normalized spacial score (nSPS) is 14.9. The van der Waals surface area contributed by atoms with Crippen LogP contribution >= 0.6 is 0 Å². The fraction of sp³-hybridized carbons (Fsp3) is 0.320. The van der Waals surface area contributed by atoms with Gasteiger partial charge in [-0.2, -0.15) is 0 Å². The molecule has 30 heavy (non-hydrogen) atoms. The maximum Gasteiger partial charge on any atom is 0.251 e. The van der Waals surface area contributed by atoms with E-state index in [9.17, 15) is 4.79 Å². The Morgan fingerprint density at radius 2 is 1.67 bits per heavy atom. The number of hydrogen-bond acceptors (Lipinski definition) is 4. The van der Waals surface area contributed by atoms with E-state index in [-0.39, 0.29) is 11.9 Å². The largest absolute Gasteiger partial charge is 0.357 e. The summed E-state index contributed by atoms with van der Waals surface area (Å²) in [6.07, 6.45) is 5.35. The predicted octanol–water partition coefficient (Wildman–Crippen LogP) is 4.93. The predicted molar refractivity (Wildman–Crippen MR) is 121 cm³/mol. The van der Waals surface area contributed by atoms with Gasteiger partial charge in [-0.25, -0.2) is 9.97 Å². The number of rotatable bonds is 5. The summed E-state index contributed by atoms with van der Waals surface area (Å²) in [7, 11) is 0. The van der Waals surface area contributed by atoms with E-state index >= 15 is 0 Å². The molecule has 2 aromatic carbocycles. The molecule has 0 unspecified atom stereocenters. The Morgan fingerprint density at radius 3 is 2.37 bits per heavy atom. The molecule has 1 fully saturated rings. The number of nitrogens with one attached hydrogen (secondary N) is 1. The average molecular weight is 401 g/mol. The van der Waals surface area contributed by atoms with Gasteiger partial charge in [-0.3, -0.25) is 4.79 Å². The van der Waals surface area contributed by atoms with E-state index in [0.717, 1.165) is 35.7 Å². The highest BCUT2D eigenvalue weighted by atomic mass is 16.1. The number of nitrogens with zero attached hydrogens (tertiary/aromatic N) is 3. The third-order valence-corrected chi connectivity index (χ3v) is 5.70. The lowest BCUT2D eigenvalue weighted by atomic mass is 10.0. The Labute approximate surface area is 178 Å². The maximum absolute atomic E-state index is 12.7. The van der Waals surface area contributed by atoms with E-state index in [1.807, 2.05) is 37.3 Å². The molecule has 1 aliphatic heterocycles. The van der Waals surface area contributed by atoms with Gasteiger partial charge in [0.05, 0.1) is 11.7 Å². The Balaban J connectivity index is 1.44. The monoisotopic (exact) mass is 400 g/mol. The highest BCUT2D eigenvalue weighted by Gasteiger charge is 2.14. The van der Waals surface area contributed by atoms with E-state index in [1.165, 1.54) is 24.8 Å². The minimum Gasteiger partial charge on any atom is -0.357 e. The second-order valence-electron chi connectivity index (χ2n) is 7.99. The Hall–Kier alpha value is -3.21. The minimum absolute atomic E-state index is 0.0493. The fourth-order valence-corrected chi connectivity index (χ4v) is 3.81. The van der Waals surface area contributed by atoms with Gasteiger partial charge in [0, 0.05) is 30.3 Å². The molecule has 1 aliphatic rings. The second kappa shape index (κ2) is 9.08. The van der Waals surface area contributed by atoms with Crippen molar-refractivity contribution in [2.24, 2.45) is 0 Å². The molecule has 1 saturated heterocycles. The summed E-state index contributed by atoms with van der Waals surface area (Å²) >= 11 is 0. The summed E-state index contributed by atoms with van der Waals surface area (Å²) in [5.41, 5.74) is 4.81. The highest BCUT2D eigenvalue weighted by Crippen LogP contribution is 2.23. The molecule has 3 aromatic rings. The molecule has 1 aromatic heterocycles. The van der Waals surface area contributed by atoms with E-state index in [2.05, 4.69) is 51.4 Å². The van der Waals surface area contributed by atoms with Gasteiger partial charge in [-0.15, -0.1) is 0 Å². The highest BCUT2D eigenvalue weighted by molar-refractivity contribution is 5.94. The first-order chi connectivity index (χ1) is 14.6. The Bertz CT molecular complexity index is 992. The summed E-state index contributed by atoms with van der Waals surface area (Å²) in [5.74, 6) is 0.903. The molecular formula is C25H28N4O. The molecule has 5 heteroatoms. The summed E-state index contributed by atoms with van der Waals surface area (Å²) in [6.45, 7) is 6.16. The van der Waals surface area contributed by atoms with Crippen molar-refractivity contribution in [3.63, 3.8) is 0 Å². The third kappa shape index (κ3) is 4.67. The number of amides is 1. The van der Waals surface area contributed by atoms with Crippen LogP contribution in [0.5, 0.6) is 0 Å². The average Bonchev–Trinajstić information content (AvgIpc) is 2.80. The van der Waals surface area contributed by atoms with Crippen LogP contribution in [0.3, 0.4) is 0 Å². The van der Waals surface area contributed by atoms with Crippen LogP contribution in [-0.4, -0.2) is 29.0 Å². The zero-order chi connectivity index (χ0) is 20.9. The second-order valence-corrected chi connectivity index (χ2v) is 7.99. The van der Waals surface area contributed by atoms with Crippen molar-refractivity contribution < 1.29 is 4.79 Å². The summed E-state index contributed by atoms with van der Waals surface area (Å²) < 4.78 is 0. The van der Waals surface area contributed by atoms with E-state index < -0.39 is 0 Å². The lowest BCUT2D eigenvalue weighted by Crippen LogP contribution is -2.30. The van der Waals surface area contributed by atoms with Crippen molar-refractivity contribution in [3.05, 3.63) is 77.6 Å². The van der Waals surface area contributed by atoms with Crippen molar-refractivity contribution in [3.8, 4) is 11.3 Å². The Morgan fingerprint density at radius 1 is 0.967 bits per heavy atom. The van der Waals surface area contributed by atoms with Gasteiger partial charge in [-0.1, -0.05) is 42.0 Å². The number of benzene rings is 2. The van der Waals surface area contributed by atoms with Crippen molar-refractivity contribution in [1.29, 1.82) is 0 Å². The molecule has 4 rings (SSSR count). The number of carbonyl (C=O) groups is 1. The van der Waals surface area contributed by atoms with Crippen molar-refractivity contribution in [1.82, 2.24) is 15.3 Å². The lowest BCUT2D eigenvalue weighted by molar-refractivity contribution is 0.0940. The SMILES string of the molecule is Cc1ccc([C@H](C)NC(=O)c2ccc(-c3cc(N4CCCCC4)ncn3)cc2)cc1. The number of anilines is 1. The van der Waals surface area contributed by atoms with Crippen LogP contribution < -0.4 is 10.2 Å². The number of aromatic nitrogens is 2. The van der Waals surface area contributed by atoms with Crippen LogP contribution in [0.1, 0.15) is 53.7 Å². The summed E-state index contributed by atoms with van der Waals surface area (Å²) in [6, 6.07) is 17.8. The van der Waals surface area contributed by atoms with Gasteiger partial charge < -0.3 is 10.2 Å². The van der Waals surface area contributed by atoms with E-state index in [0.29, 0.717) is 5.56 Å². The van der Waals surface area contributed by atoms with Crippen LogP contribution in [0.2, 0.25) is 0 Å². The topological polar surface area (TPSA) is 58.1 Å². The van der Waals surface area contributed by atoms with Crippen LogP contribution in [0.4, 0.5) is 5.82 Å². The molecule has 1 N–H and O–H groups in total. The van der Waals surface area contributed by atoms with Crippen LogP contribution in [0, 0.1) is 6.92 Å². The quantitative estimate of drug-likeness (QED) is 0.659. The summed E-state index contributed by atoms with van der Waals surface area (Å²) in [4.78, 5) is 23.9. The molecule has 0 bridgehead atoms. The molecule has 154 valence electrons. The summed E-state index contributed by atoms with van der Waals surface area (Å²) in [5, 5.41) is 3.07. The first-order valence-electron chi connectivity index (χ1n) is 10.6. The molecule has 0 radical (unpaired) electrons. The standard InChI is InChI=1S/C25H28N4O/c1-18-6-8-20(9-7-18)19(2)28-25(30)22-12-10-21(11-13-22)23-16-24(27-17-26-23)29-14-4-3-5-15-29/h6-13,16-17,19H,3-5,14-15H2,1-2H3,(H,28,30)/t19-/m0/s1. The smallest absolute Gasteiger partial charge is 0.251 e. The van der Waals surface area contributed by atoms with Gasteiger partial charge in [-0.05, 0) is 50.8 Å². The lowest BCUT2D eigenvalue weighted by Gasteiger charge is -2.27. The zero-order valence-electron chi connectivity index (χ0n) is 17.6. The molecule has 2 heterocycles. The van der Waals surface area contributed by atoms with Gasteiger partial charge in [0.15, 0.2) is 0 Å². The molecule has 0 spiro atoms. The van der Waals surface area contributed by atoms with E-state index in [4.69, 9.17) is 0 Å². The molecule has 0 aliphatic carbocycles. The van der Waals surface area contributed by atoms with Crippen LogP contribution in [0.15, 0.2) is 60.9 Å². The number of carbonyl (C=O) groups excluding carboxylic acids is 1. The fourth-order valence-electron chi connectivity index (χ4n) is 3.81. The number of aryl methyl sites for hydroxylation is 1. The van der Waals surface area contributed by atoms with Gasteiger partial charge in [0.2, 0.25) is 0 Å². The first kappa shape index (κ1) is 20.1. The van der Waals surface area contributed by atoms with Gasteiger partial charge >= 0.3 is 0 Å². The van der Waals surface area contributed by atoms with Crippen molar-refractivity contribution in [2.75, 3.05) is 18.0 Å². The van der Waals surface area contributed by atoms with Gasteiger partial charge in [0.25, 0.3) is 5.91 Å². The molecule has 0 saturated carbocycles. The first-order valence-corrected chi connectivity index (χ1v) is 10.6.